The molecule has 134 valence electrons. The van der Waals surface area contributed by atoms with E-state index in [0.29, 0.717) is 15.6 Å². The van der Waals surface area contributed by atoms with Crippen LogP contribution in [-0.2, 0) is 9.59 Å². The zero-order chi connectivity index (χ0) is 18.7. The highest BCUT2D eigenvalue weighted by Crippen LogP contribution is 2.36. The van der Waals surface area contributed by atoms with Gasteiger partial charge in [-0.3, -0.25) is 9.69 Å². The number of nitrogens with zero attached hydrogens (tertiary/aromatic N) is 2. The van der Waals surface area contributed by atoms with Crippen molar-refractivity contribution in [2.45, 2.75) is 26.3 Å². The molecule has 1 aliphatic rings. The number of benzene rings is 1. The molecule has 1 amide bonds. The normalized spacial score (nSPS) is 18.6. The molecule has 1 aromatic carbocycles. The summed E-state index contributed by atoms with van der Waals surface area (Å²) < 4.78 is 0.300. The second kappa shape index (κ2) is 8.01. The van der Waals surface area contributed by atoms with Crippen LogP contribution in [0.1, 0.15) is 25.8 Å². The number of carbonyl (C=O) groups excluding carboxylic acids is 1. The minimum absolute atomic E-state index is 0.182. The number of amides is 1. The predicted molar refractivity (Wildman–Crippen MR) is 107 cm³/mol. The van der Waals surface area contributed by atoms with Crippen molar-refractivity contribution < 1.29 is 14.7 Å². The maximum absolute atomic E-state index is 12.7. The first kappa shape index (κ1) is 19.5. The molecular formula is C18H22N2O3S2. The summed E-state index contributed by atoms with van der Waals surface area (Å²) in [5, 5.41) is 9.54. The Morgan fingerprint density at radius 2 is 1.96 bits per heavy atom. The lowest BCUT2D eigenvalue weighted by Crippen LogP contribution is -2.47. The number of hydrogen-bond acceptors (Lipinski definition) is 5. The van der Waals surface area contributed by atoms with Crippen molar-refractivity contribution in [3.63, 3.8) is 0 Å². The smallest absolute Gasteiger partial charge is 0.327 e. The zero-order valence-electron chi connectivity index (χ0n) is 14.7. The van der Waals surface area contributed by atoms with Crippen LogP contribution in [0.5, 0.6) is 0 Å². The lowest BCUT2D eigenvalue weighted by Gasteiger charge is -2.27. The number of thioether (sulfide) groups is 1. The Bertz CT molecular complexity index is 714. The molecule has 1 aromatic rings. The molecule has 0 aromatic heterocycles. The Labute approximate surface area is 157 Å². The van der Waals surface area contributed by atoms with Crippen LogP contribution in [0.4, 0.5) is 5.69 Å². The van der Waals surface area contributed by atoms with Crippen LogP contribution in [0.25, 0.3) is 6.08 Å². The molecule has 1 heterocycles. The third-order valence-electron chi connectivity index (χ3n) is 4.24. The molecule has 1 saturated heterocycles. The minimum Gasteiger partial charge on any atom is -0.480 e. The van der Waals surface area contributed by atoms with Gasteiger partial charge in [0.15, 0.2) is 0 Å². The largest absolute Gasteiger partial charge is 0.480 e. The number of thiocarbonyl (C=S) groups is 1. The number of rotatable bonds is 6. The standard InChI is InChI=1S/C18H22N2O3S2/c1-5-11(2)15(17(22)23)20-16(21)14(25-18(20)24)10-12-6-8-13(9-7-12)19(3)4/h6-11,15H,5H2,1-4H3,(H,22,23)/b14-10-/t11?,15-/m0/s1. The van der Waals surface area contributed by atoms with E-state index in [9.17, 15) is 14.7 Å². The molecule has 1 N–H and O–H groups in total. The van der Waals surface area contributed by atoms with E-state index in [2.05, 4.69) is 0 Å². The lowest BCUT2D eigenvalue weighted by molar-refractivity contribution is -0.147. The van der Waals surface area contributed by atoms with Gasteiger partial charge in [0.1, 0.15) is 10.4 Å². The highest BCUT2D eigenvalue weighted by molar-refractivity contribution is 8.26. The van der Waals surface area contributed by atoms with Crippen LogP contribution in [-0.4, -0.2) is 46.3 Å². The van der Waals surface area contributed by atoms with Gasteiger partial charge in [0.25, 0.3) is 5.91 Å². The lowest BCUT2D eigenvalue weighted by atomic mass is 9.98. The van der Waals surface area contributed by atoms with Crippen molar-refractivity contribution >= 4 is 51.9 Å². The van der Waals surface area contributed by atoms with Gasteiger partial charge in [0.05, 0.1) is 4.91 Å². The van der Waals surface area contributed by atoms with E-state index in [4.69, 9.17) is 12.2 Å². The topological polar surface area (TPSA) is 60.9 Å². The van der Waals surface area contributed by atoms with Crippen molar-refractivity contribution in [3.05, 3.63) is 34.7 Å². The molecule has 7 heteroatoms. The van der Waals surface area contributed by atoms with Gasteiger partial charge in [0.2, 0.25) is 0 Å². The van der Waals surface area contributed by atoms with E-state index >= 15 is 0 Å². The summed E-state index contributed by atoms with van der Waals surface area (Å²) in [5.74, 6) is -1.54. The first-order valence-electron chi connectivity index (χ1n) is 8.03. The number of carbonyl (C=O) groups is 2. The molecule has 0 bridgehead atoms. The highest BCUT2D eigenvalue weighted by Gasteiger charge is 2.42. The van der Waals surface area contributed by atoms with Gasteiger partial charge in [-0.1, -0.05) is 56.4 Å². The van der Waals surface area contributed by atoms with E-state index in [1.807, 2.05) is 57.1 Å². The maximum atomic E-state index is 12.7. The summed E-state index contributed by atoms with van der Waals surface area (Å²) in [7, 11) is 3.92. The Morgan fingerprint density at radius 1 is 1.36 bits per heavy atom. The number of aliphatic carboxylic acids is 1. The minimum atomic E-state index is -1.03. The molecule has 5 nitrogen and oxygen atoms in total. The van der Waals surface area contributed by atoms with Gasteiger partial charge in [0, 0.05) is 19.8 Å². The third-order valence-corrected chi connectivity index (χ3v) is 5.58. The molecule has 0 aliphatic carbocycles. The van der Waals surface area contributed by atoms with Crippen LogP contribution < -0.4 is 4.90 Å². The molecule has 2 rings (SSSR count). The second-order valence-electron chi connectivity index (χ2n) is 6.21. The van der Waals surface area contributed by atoms with Crippen molar-refractivity contribution in [3.8, 4) is 0 Å². The van der Waals surface area contributed by atoms with E-state index in [-0.39, 0.29) is 11.8 Å². The van der Waals surface area contributed by atoms with Crippen molar-refractivity contribution in [1.29, 1.82) is 0 Å². The Kier molecular flexibility index (Phi) is 6.24. The molecule has 0 radical (unpaired) electrons. The summed E-state index contributed by atoms with van der Waals surface area (Å²) >= 11 is 6.44. The molecule has 1 unspecified atom stereocenters. The summed E-state index contributed by atoms with van der Waals surface area (Å²) in [4.78, 5) is 28.1. The van der Waals surface area contributed by atoms with Crippen LogP contribution in [0.2, 0.25) is 0 Å². The number of carboxylic acid groups (broad SMARTS) is 1. The fourth-order valence-electron chi connectivity index (χ4n) is 2.57. The summed E-state index contributed by atoms with van der Waals surface area (Å²) in [6.45, 7) is 3.72. The van der Waals surface area contributed by atoms with Gasteiger partial charge in [-0.15, -0.1) is 0 Å². The Balaban J connectivity index is 2.29. The third kappa shape index (κ3) is 4.22. The average Bonchev–Trinajstić information content (AvgIpc) is 2.82. The van der Waals surface area contributed by atoms with Gasteiger partial charge in [-0.25, -0.2) is 4.79 Å². The summed E-state index contributed by atoms with van der Waals surface area (Å²) in [6.07, 6.45) is 2.41. The monoisotopic (exact) mass is 378 g/mol. The van der Waals surface area contributed by atoms with Crippen LogP contribution >= 0.6 is 24.0 Å². The SMILES string of the molecule is CCC(C)[C@@H](C(=O)O)N1C(=O)/C(=C/c2ccc(N(C)C)cc2)SC1=S. The number of hydrogen-bond donors (Lipinski definition) is 1. The van der Waals surface area contributed by atoms with Crippen LogP contribution in [0.3, 0.4) is 0 Å². The molecule has 0 spiro atoms. The molecule has 1 fully saturated rings. The van der Waals surface area contributed by atoms with E-state index < -0.39 is 12.0 Å². The fraction of sp³-hybridized carbons (Fsp3) is 0.389. The van der Waals surface area contributed by atoms with Crippen molar-refractivity contribution in [2.75, 3.05) is 19.0 Å². The molecule has 0 saturated carbocycles. The number of carboxylic acids is 1. The molecule has 2 atom stereocenters. The van der Waals surface area contributed by atoms with Crippen molar-refractivity contribution in [1.82, 2.24) is 4.90 Å². The van der Waals surface area contributed by atoms with E-state index in [1.165, 1.54) is 4.90 Å². The van der Waals surface area contributed by atoms with Gasteiger partial charge < -0.3 is 10.0 Å². The summed E-state index contributed by atoms with van der Waals surface area (Å²) in [5.41, 5.74) is 1.94. The highest BCUT2D eigenvalue weighted by atomic mass is 32.2. The quantitative estimate of drug-likeness (QED) is 0.604. The molecule has 25 heavy (non-hydrogen) atoms. The first-order valence-corrected chi connectivity index (χ1v) is 9.26. The predicted octanol–water partition coefficient (Wildman–Crippen LogP) is 3.45. The van der Waals surface area contributed by atoms with Gasteiger partial charge in [-0.2, -0.15) is 0 Å². The van der Waals surface area contributed by atoms with Crippen molar-refractivity contribution in [2.24, 2.45) is 5.92 Å². The second-order valence-corrected chi connectivity index (χ2v) is 7.88. The molecular weight excluding hydrogens is 356 g/mol. The Morgan fingerprint density at radius 3 is 2.44 bits per heavy atom. The van der Waals surface area contributed by atoms with Crippen LogP contribution in [0, 0.1) is 5.92 Å². The molecule has 1 aliphatic heterocycles. The average molecular weight is 379 g/mol. The van der Waals surface area contributed by atoms with E-state index in [1.54, 1.807) is 6.08 Å². The van der Waals surface area contributed by atoms with E-state index in [0.717, 1.165) is 23.0 Å². The maximum Gasteiger partial charge on any atom is 0.327 e. The van der Waals surface area contributed by atoms with Gasteiger partial charge >= 0.3 is 5.97 Å². The fourth-order valence-corrected chi connectivity index (χ4v) is 3.90. The first-order chi connectivity index (χ1) is 11.8. The van der Waals surface area contributed by atoms with Gasteiger partial charge in [-0.05, 0) is 29.7 Å². The van der Waals surface area contributed by atoms with Crippen LogP contribution in [0.15, 0.2) is 29.2 Å². The zero-order valence-corrected chi connectivity index (χ0v) is 16.4. The summed E-state index contributed by atoms with van der Waals surface area (Å²) in [6, 6.07) is 6.84. The number of anilines is 1. The Hall–Kier alpha value is -1.86.